The summed E-state index contributed by atoms with van der Waals surface area (Å²) < 4.78 is 27.1. The average Bonchev–Trinajstić information content (AvgIpc) is 2.43. The quantitative estimate of drug-likeness (QED) is 0.692. The highest BCUT2D eigenvalue weighted by molar-refractivity contribution is 6.34. The van der Waals surface area contributed by atoms with Gasteiger partial charge in [-0.1, -0.05) is 17.7 Å². The molecular formula is C13H7ClF2N2O3. The molecule has 2 aromatic carbocycles. The summed E-state index contributed by atoms with van der Waals surface area (Å²) in [6.07, 6.45) is 0. The summed E-state index contributed by atoms with van der Waals surface area (Å²) in [5.41, 5.74) is -1.36. The standard InChI is InChI=1S/C13H7ClF2N2O3/c14-9-2-1-3-11(16)12(9)17-13(19)8-6-7(18(20)21)4-5-10(8)15/h1-6H,(H,17,19). The van der Waals surface area contributed by atoms with E-state index in [0.717, 1.165) is 24.3 Å². The van der Waals surface area contributed by atoms with Gasteiger partial charge in [-0.3, -0.25) is 14.9 Å². The van der Waals surface area contributed by atoms with Crippen LogP contribution in [0.3, 0.4) is 0 Å². The van der Waals surface area contributed by atoms with Crippen molar-refractivity contribution >= 4 is 28.9 Å². The summed E-state index contributed by atoms with van der Waals surface area (Å²) in [6.45, 7) is 0. The SMILES string of the molecule is O=C(Nc1c(F)cccc1Cl)c1cc([N+](=O)[O-])ccc1F. The summed E-state index contributed by atoms with van der Waals surface area (Å²) in [5.74, 6) is -2.81. The second-order valence-corrected chi connectivity index (χ2v) is 4.38. The molecule has 0 saturated carbocycles. The lowest BCUT2D eigenvalue weighted by molar-refractivity contribution is -0.384. The van der Waals surface area contributed by atoms with Crippen molar-refractivity contribution in [1.82, 2.24) is 0 Å². The lowest BCUT2D eigenvalue weighted by Gasteiger charge is -2.08. The fourth-order valence-corrected chi connectivity index (χ4v) is 1.81. The van der Waals surface area contributed by atoms with E-state index < -0.39 is 33.7 Å². The smallest absolute Gasteiger partial charge is 0.270 e. The average molecular weight is 313 g/mol. The van der Waals surface area contributed by atoms with E-state index in [9.17, 15) is 23.7 Å². The van der Waals surface area contributed by atoms with Crippen molar-refractivity contribution in [2.24, 2.45) is 0 Å². The number of nitrogens with zero attached hydrogens (tertiary/aromatic N) is 1. The number of nitrogens with one attached hydrogen (secondary N) is 1. The Bertz CT molecular complexity index is 717. The fraction of sp³-hybridized carbons (Fsp3) is 0. The molecule has 1 N–H and O–H groups in total. The zero-order valence-corrected chi connectivity index (χ0v) is 11.0. The third-order valence-electron chi connectivity index (χ3n) is 2.61. The molecule has 5 nitrogen and oxygen atoms in total. The van der Waals surface area contributed by atoms with Crippen LogP contribution in [0.25, 0.3) is 0 Å². The number of nitro benzene ring substituents is 1. The molecule has 0 fully saturated rings. The second kappa shape index (κ2) is 5.84. The van der Waals surface area contributed by atoms with Gasteiger partial charge >= 0.3 is 0 Å². The van der Waals surface area contributed by atoms with Gasteiger partial charge in [0.1, 0.15) is 11.6 Å². The molecule has 2 rings (SSSR count). The largest absolute Gasteiger partial charge is 0.318 e. The number of benzene rings is 2. The van der Waals surface area contributed by atoms with Gasteiger partial charge in [0.2, 0.25) is 0 Å². The molecule has 21 heavy (non-hydrogen) atoms. The maximum Gasteiger partial charge on any atom is 0.270 e. The number of amides is 1. The molecule has 0 bridgehead atoms. The molecule has 0 radical (unpaired) electrons. The lowest BCUT2D eigenvalue weighted by atomic mass is 10.1. The predicted molar refractivity (Wildman–Crippen MR) is 72.4 cm³/mol. The monoisotopic (exact) mass is 312 g/mol. The Morgan fingerprint density at radius 1 is 1.19 bits per heavy atom. The third-order valence-corrected chi connectivity index (χ3v) is 2.92. The number of nitro groups is 1. The van der Waals surface area contributed by atoms with Crippen molar-refractivity contribution in [3.05, 3.63) is 68.7 Å². The van der Waals surface area contributed by atoms with Crippen LogP contribution in [0, 0.1) is 21.7 Å². The Morgan fingerprint density at radius 3 is 2.52 bits per heavy atom. The van der Waals surface area contributed by atoms with Gasteiger partial charge < -0.3 is 5.32 Å². The zero-order chi connectivity index (χ0) is 15.6. The number of anilines is 1. The number of hydrogen-bond acceptors (Lipinski definition) is 3. The molecule has 0 saturated heterocycles. The number of hydrogen-bond donors (Lipinski definition) is 1. The highest BCUT2D eigenvalue weighted by Gasteiger charge is 2.19. The van der Waals surface area contributed by atoms with Gasteiger partial charge in [-0.15, -0.1) is 0 Å². The van der Waals surface area contributed by atoms with Crippen molar-refractivity contribution in [3.63, 3.8) is 0 Å². The van der Waals surface area contributed by atoms with Crippen LogP contribution in [0.5, 0.6) is 0 Å². The van der Waals surface area contributed by atoms with Crippen LogP contribution in [0.1, 0.15) is 10.4 Å². The Labute approximate surface area is 122 Å². The Balaban J connectivity index is 2.37. The minimum atomic E-state index is -1.04. The zero-order valence-electron chi connectivity index (χ0n) is 10.3. The van der Waals surface area contributed by atoms with E-state index in [2.05, 4.69) is 5.32 Å². The molecule has 0 aliphatic carbocycles. The Morgan fingerprint density at radius 2 is 1.90 bits per heavy atom. The normalized spacial score (nSPS) is 10.2. The first-order valence-electron chi connectivity index (χ1n) is 5.59. The van der Waals surface area contributed by atoms with Gasteiger partial charge in [-0.25, -0.2) is 8.78 Å². The third kappa shape index (κ3) is 3.14. The molecule has 0 spiro atoms. The molecule has 2 aromatic rings. The Kier molecular flexibility index (Phi) is 4.13. The molecule has 8 heteroatoms. The van der Waals surface area contributed by atoms with Crippen LogP contribution in [0.4, 0.5) is 20.2 Å². The van der Waals surface area contributed by atoms with E-state index >= 15 is 0 Å². The molecule has 0 heterocycles. The van der Waals surface area contributed by atoms with E-state index in [1.165, 1.54) is 12.1 Å². The molecule has 0 unspecified atom stereocenters. The molecule has 108 valence electrons. The van der Waals surface area contributed by atoms with Crippen LogP contribution in [0.2, 0.25) is 5.02 Å². The van der Waals surface area contributed by atoms with Gasteiger partial charge in [0, 0.05) is 12.1 Å². The number of rotatable bonds is 3. The van der Waals surface area contributed by atoms with Crippen LogP contribution >= 0.6 is 11.6 Å². The van der Waals surface area contributed by atoms with E-state index in [1.54, 1.807) is 0 Å². The van der Waals surface area contributed by atoms with E-state index in [0.29, 0.717) is 0 Å². The summed E-state index contributed by atoms with van der Waals surface area (Å²) in [5, 5.41) is 12.6. The second-order valence-electron chi connectivity index (χ2n) is 3.97. The van der Waals surface area contributed by atoms with E-state index in [4.69, 9.17) is 11.6 Å². The highest BCUT2D eigenvalue weighted by Crippen LogP contribution is 2.26. The molecular weight excluding hydrogens is 306 g/mol. The summed E-state index contributed by atoms with van der Waals surface area (Å²) in [7, 11) is 0. The molecule has 0 atom stereocenters. The number of halogens is 3. The van der Waals surface area contributed by atoms with Crippen LogP contribution in [-0.4, -0.2) is 10.8 Å². The van der Waals surface area contributed by atoms with Crippen molar-refractivity contribution in [1.29, 1.82) is 0 Å². The summed E-state index contributed by atoms with van der Waals surface area (Å²) in [4.78, 5) is 21.8. The summed E-state index contributed by atoms with van der Waals surface area (Å²) >= 11 is 5.73. The van der Waals surface area contributed by atoms with E-state index in [-0.39, 0.29) is 10.7 Å². The van der Waals surface area contributed by atoms with Gasteiger partial charge in [0.05, 0.1) is 21.2 Å². The minimum Gasteiger partial charge on any atom is -0.318 e. The highest BCUT2D eigenvalue weighted by atomic mass is 35.5. The van der Waals surface area contributed by atoms with Crippen molar-refractivity contribution in [2.75, 3.05) is 5.32 Å². The first-order valence-corrected chi connectivity index (χ1v) is 5.97. The van der Waals surface area contributed by atoms with Gasteiger partial charge in [0.25, 0.3) is 11.6 Å². The van der Waals surface area contributed by atoms with Gasteiger partial charge in [0.15, 0.2) is 0 Å². The maximum absolute atomic E-state index is 13.6. The Hall–Kier alpha value is -2.54. The number of para-hydroxylation sites is 1. The van der Waals surface area contributed by atoms with Crippen LogP contribution < -0.4 is 5.32 Å². The predicted octanol–water partition coefficient (Wildman–Crippen LogP) is 3.78. The number of carbonyl (C=O) groups excluding carboxylic acids is 1. The first-order chi connectivity index (χ1) is 9.90. The molecule has 0 aromatic heterocycles. The first kappa shape index (κ1) is 14.9. The molecule has 0 aliphatic heterocycles. The molecule has 0 aliphatic rings. The van der Waals surface area contributed by atoms with Crippen molar-refractivity contribution < 1.29 is 18.5 Å². The van der Waals surface area contributed by atoms with E-state index in [1.807, 2.05) is 0 Å². The van der Waals surface area contributed by atoms with Gasteiger partial charge in [-0.2, -0.15) is 0 Å². The topological polar surface area (TPSA) is 72.2 Å². The van der Waals surface area contributed by atoms with Crippen LogP contribution in [-0.2, 0) is 0 Å². The van der Waals surface area contributed by atoms with Gasteiger partial charge in [-0.05, 0) is 18.2 Å². The fourth-order valence-electron chi connectivity index (χ4n) is 1.60. The van der Waals surface area contributed by atoms with Crippen molar-refractivity contribution in [3.8, 4) is 0 Å². The minimum absolute atomic E-state index is 0.0748. The summed E-state index contributed by atoms with van der Waals surface area (Å²) in [6, 6.07) is 6.20. The number of carbonyl (C=O) groups is 1. The number of non-ortho nitro benzene ring substituents is 1. The lowest BCUT2D eigenvalue weighted by Crippen LogP contribution is -2.15. The maximum atomic E-state index is 13.6. The van der Waals surface area contributed by atoms with Crippen LogP contribution in [0.15, 0.2) is 36.4 Å². The molecule has 1 amide bonds. The van der Waals surface area contributed by atoms with Crippen molar-refractivity contribution in [2.45, 2.75) is 0 Å².